The number of hydrogen-bond acceptors (Lipinski definition) is 2. The van der Waals surface area contributed by atoms with Crippen molar-refractivity contribution in [3.63, 3.8) is 0 Å². The van der Waals surface area contributed by atoms with Crippen LogP contribution in [0.3, 0.4) is 0 Å². The van der Waals surface area contributed by atoms with Gasteiger partial charge in [0.1, 0.15) is 0 Å². The van der Waals surface area contributed by atoms with Gasteiger partial charge in [-0.15, -0.1) is 0 Å². The lowest BCUT2D eigenvalue weighted by molar-refractivity contribution is 0.0750. The van der Waals surface area contributed by atoms with E-state index in [1.165, 1.54) is 6.42 Å². The molecule has 1 aliphatic rings. The Labute approximate surface area is 127 Å². The minimum atomic E-state index is -0.0169. The Kier molecular flexibility index (Phi) is 4.03. The Morgan fingerprint density at radius 3 is 2.50 bits per heavy atom. The van der Waals surface area contributed by atoms with Crippen LogP contribution in [0, 0.1) is 0 Å². The van der Waals surface area contributed by atoms with Crippen molar-refractivity contribution in [1.29, 1.82) is 0 Å². The van der Waals surface area contributed by atoms with Gasteiger partial charge in [0.05, 0.1) is 0 Å². The summed E-state index contributed by atoms with van der Waals surface area (Å²) in [5.74, 6) is -0.0169. The highest BCUT2D eigenvalue weighted by Crippen LogP contribution is 2.21. The number of amides is 1. The van der Waals surface area contributed by atoms with Crippen molar-refractivity contribution < 1.29 is 4.79 Å². The molecule has 0 aromatic heterocycles. The zero-order chi connectivity index (χ0) is 13.9. The maximum Gasteiger partial charge on any atom is 0.265 e. The van der Waals surface area contributed by atoms with Gasteiger partial charge < -0.3 is 0 Å². The number of carbonyl (C=O) groups is 1. The fourth-order valence-corrected chi connectivity index (χ4v) is 2.95. The van der Waals surface area contributed by atoms with Crippen LogP contribution in [0.15, 0.2) is 40.9 Å². The van der Waals surface area contributed by atoms with E-state index >= 15 is 0 Å². The van der Waals surface area contributed by atoms with Crippen molar-refractivity contribution in [3.8, 4) is 0 Å². The van der Waals surface area contributed by atoms with Crippen LogP contribution in [-0.2, 0) is 0 Å². The molecule has 0 saturated carbocycles. The molecular weight excluding hydrogens is 316 g/mol. The first-order valence-corrected chi connectivity index (χ1v) is 7.77. The van der Waals surface area contributed by atoms with E-state index in [0.29, 0.717) is 5.56 Å². The summed E-state index contributed by atoms with van der Waals surface area (Å²) in [4.78, 5) is 12.3. The SMILES string of the molecule is O=C(NN1CCCCC1)c1ccc2cc(Br)ccc2c1. The molecule has 1 heterocycles. The Morgan fingerprint density at radius 2 is 1.70 bits per heavy atom. The van der Waals surface area contributed by atoms with Gasteiger partial charge in [0.15, 0.2) is 0 Å². The molecule has 0 atom stereocenters. The summed E-state index contributed by atoms with van der Waals surface area (Å²) in [6.45, 7) is 1.90. The van der Waals surface area contributed by atoms with Crippen LogP contribution in [0.2, 0.25) is 0 Å². The van der Waals surface area contributed by atoms with Crippen molar-refractivity contribution in [2.24, 2.45) is 0 Å². The molecule has 1 saturated heterocycles. The van der Waals surface area contributed by atoms with Crippen LogP contribution in [0.25, 0.3) is 10.8 Å². The molecule has 4 heteroatoms. The molecule has 1 N–H and O–H groups in total. The number of nitrogens with one attached hydrogen (secondary N) is 1. The van der Waals surface area contributed by atoms with Crippen LogP contribution in [0.1, 0.15) is 29.6 Å². The van der Waals surface area contributed by atoms with Gasteiger partial charge in [-0.2, -0.15) is 0 Å². The van der Waals surface area contributed by atoms with Gasteiger partial charge in [0, 0.05) is 23.1 Å². The molecule has 0 radical (unpaired) electrons. The van der Waals surface area contributed by atoms with Gasteiger partial charge in [-0.25, -0.2) is 5.01 Å². The van der Waals surface area contributed by atoms with Crippen molar-refractivity contribution >= 4 is 32.6 Å². The predicted molar refractivity (Wildman–Crippen MR) is 84.5 cm³/mol. The number of carbonyl (C=O) groups excluding carboxylic acids is 1. The molecule has 3 nitrogen and oxygen atoms in total. The maximum atomic E-state index is 12.3. The maximum absolute atomic E-state index is 12.3. The number of fused-ring (bicyclic) bond motifs is 1. The molecule has 1 fully saturated rings. The average molecular weight is 333 g/mol. The smallest absolute Gasteiger partial charge is 0.265 e. The Morgan fingerprint density at radius 1 is 1.00 bits per heavy atom. The monoisotopic (exact) mass is 332 g/mol. The van der Waals surface area contributed by atoms with Crippen molar-refractivity contribution in [1.82, 2.24) is 10.4 Å². The minimum Gasteiger partial charge on any atom is -0.285 e. The summed E-state index contributed by atoms with van der Waals surface area (Å²) in [7, 11) is 0. The number of halogens is 1. The van der Waals surface area contributed by atoms with E-state index in [-0.39, 0.29) is 5.91 Å². The van der Waals surface area contributed by atoms with Crippen LogP contribution in [0.5, 0.6) is 0 Å². The lowest BCUT2D eigenvalue weighted by Crippen LogP contribution is -2.45. The molecule has 0 bridgehead atoms. The number of hydrogen-bond donors (Lipinski definition) is 1. The number of rotatable bonds is 2. The van der Waals surface area contributed by atoms with Gasteiger partial charge >= 0.3 is 0 Å². The molecular formula is C16H17BrN2O. The first-order chi connectivity index (χ1) is 9.72. The van der Waals surface area contributed by atoms with Crippen molar-refractivity contribution in [3.05, 3.63) is 46.4 Å². The average Bonchev–Trinajstić information content (AvgIpc) is 2.47. The lowest BCUT2D eigenvalue weighted by atomic mass is 10.1. The summed E-state index contributed by atoms with van der Waals surface area (Å²) >= 11 is 3.46. The third-order valence-electron chi connectivity index (χ3n) is 3.68. The zero-order valence-corrected chi connectivity index (χ0v) is 12.8. The standard InChI is InChI=1S/C16H17BrN2O/c17-15-7-6-12-10-14(5-4-13(12)11-15)16(20)18-19-8-2-1-3-9-19/h4-7,10-11H,1-3,8-9H2,(H,18,20). The fraction of sp³-hybridized carbons (Fsp3) is 0.312. The van der Waals surface area contributed by atoms with Gasteiger partial charge in [-0.3, -0.25) is 10.2 Å². The minimum absolute atomic E-state index is 0.0169. The molecule has 2 aromatic carbocycles. The zero-order valence-electron chi connectivity index (χ0n) is 11.2. The normalized spacial score (nSPS) is 16.2. The Hall–Kier alpha value is -1.39. The van der Waals surface area contributed by atoms with E-state index in [4.69, 9.17) is 0 Å². The summed E-state index contributed by atoms with van der Waals surface area (Å²) in [5, 5.41) is 4.24. The van der Waals surface area contributed by atoms with Crippen molar-refractivity contribution in [2.45, 2.75) is 19.3 Å². The Balaban J connectivity index is 1.78. The van der Waals surface area contributed by atoms with Gasteiger partial charge in [0.2, 0.25) is 0 Å². The quantitative estimate of drug-likeness (QED) is 0.908. The second-order valence-electron chi connectivity index (χ2n) is 5.19. The van der Waals surface area contributed by atoms with E-state index in [9.17, 15) is 4.79 Å². The van der Waals surface area contributed by atoms with E-state index in [1.54, 1.807) is 0 Å². The van der Waals surface area contributed by atoms with Crippen LogP contribution >= 0.6 is 15.9 Å². The summed E-state index contributed by atoms with van der Waals surface area (Å²) < 4.78 is 1.05. The van der Waals surface area contributed by atoms with Crippen molar-refractivity contribution in [2.75, 3.05) is 13.1 Å². The van der Waals surface area contributed by atoms with Crippen LogP contribution in [-0.4, -0.2) is 24.0 Å². The molecule has 104 valence electrons. The first-order valence-electron chi connectivity index (χ1n) is 6.98. The number of benzene rings is 2. The van der Waals surface area contributed by atoms with Crippen LogP contribution in [0.4, 0.5) is 0 Å². The Bertz CT molecular complexity index is 635. The highest BCUT2D eigenvalue weighted by molar-refractivity contribution is 9.10. The molecule has 0 aliphatic carbocycles. The van der Waals surface area contributed by atoms with E-state index < -0.39 is 0 Å². The van der Waals surface area contributed by atoms with Gasteiger partial charge in [0.25, 0.3) is 5.91 Å². The third-order valence-corrected chi connectivity index (χ3v) is 4.17. The molecule has 0 spiro atoms. The topological polar surface area (TPSA) is 32.3 Å². The summed E-state index contributed by atoms with van der Waals surface area (Å²) in [5.41, 5.74) is 3.71. The van der Waals surface area contributed by atoms with Gasteiger partial charge in [-0.05, 0) is 47.9 Å². The molecule has 2 aromatic rings. The predicted octanol–water partition coefficient (Wildman–Crippen LogP) is 3.73. The van der Waals surface area contributed by atoms with E-state index in [2.05, 4.69) is 27.4 Å². The molecule has 1 aliphatic heterocycles. The largest absolute Gasteiger partial charge is 0.285 e. The molecule has 3 rings (SSSR count). The molecule has 1 amide bonds. The van der Waals surface area contributed by atoms with Crippen LogP contribution < -0.4 is 5.43 Å². The van der Waals surface area contributed by atoms with E-state index in [1.807, 2.05) is 35.3 Å². The summed E-state index contributed by atoms with van der Waals surface area (Å²) in [6.07, 6.45) is 3.58. The summed E-state index contributed by atoms with van der Waals surface area (Å²) in [6, 6.07) is 11.9. The molecule has 0 unspecified atom stereocenters. The highest BCUT2D eigenvalue weighted by atomic mass is 79.9. The fourth-order valence-electron chi connectivity index (χ4n) is 2.57. The number of hydrazine groups is 1. The second kappa shape index (κ2) is 5.94. The third kappa shape index (κ3) is 3.02. The lowest BCUT2D eigenvalue weighted by Gasteiger charge is -2.26. The number of piperidine rings is 1. The number of nitrogens with zero attached hydrogens (tertiary/aromatic N) is 1. The first kappa shape index (κ1) is 13.6. The molecule has 20 heavy (non-hydrogen) atoms. The highest BCUT2D eigenvalue weighted by Gasteiger charge is 2.14. The second-order valence-corrected chi connectivity index (χ2v) is 6.11. The van der Waals surface area contributed by atoms with Gasteiger partial charge in [-0.1, -0.05) is 34.5 Å². The van der Waals surface area contributed by atoms with E-state index in [0.717, 1.165) is 41.2 Å².